The van der Waals surface area contributed by atoms with Gasteiger partial charge in [0.2, 0.25) is 6.79 Å². The number of nitro benzene ring substituents is 1. The quantitative estimate of drug-likeness (QED) is 0.208. The van der Waals surface area contributed by atoms with Crippen LogP contribution in [0.25, 0.3) is 0 Å². The van der Waals surface area contributed by atoms with Gasteiger partial charge in [-0.15, -0.1) is 0 Å². The molecule has 0 saturated heterocycles. The SMILES string of the molecule is O=C(N/N=C/c1ccc(OC(=O)c2cccc([N+](=O)[O-])c2)cc1)c1ccc2c(c1)OCO2. The number of ether oxygens (including phenoxy) is 3. The fraction of sp³-hybridized carbons (Fsp3) is 0.0455. The Morgan fingerprint density at radius 2 is 1.78 bits per heavy atom. The summed E-state index contributed by atoms with van der Waals surface area (Å²) in [6.45, 7) is 0.120. The molecule has 0 saturated carbocycles. The Labute approximate surface area is 181 Å². The summed E-state index contributed by atoms with van der Waals surface area (Å²) in [6, 6.07) is 16.4. The number of esters is 1. The van der Waals surface area contributed by atoms with E-state index in [-0.39, 0.29) is 23.8 Å². The molecule has 1 amide bonds. The van der Waals surface area contributed by atoms with Gasteiger partial charge >= 0.3 is 5.97 Å². The number of non-ortho nitro benzene ring substituents is 1. The molecule has 3 aromatic carbocycles. The standard InChI is InChI=1S/C22H15N3O7/c26-21(15-6-9-19-20(11-15)31-13-30-19)24-23-12-14-4-7-18(8-5-14)32-22(27)16-2-1-3-17(10-16)25(28)29/h1-12H,13H2,(H,24,26)/b23-12+. The van der Waals surface area contributed by atoms with Gasteiger partial charge in [-0.3, -0.25) is 14.9 Å². The lowest BCUT2D eigenvalue weighted by Gasteiger charge is -2.05. The van der Waals surface area contributed by atoms with Crippen molar-refractivity contribution >= 4 is 23.8 Å². The summed E-state index contributed by atoms with van der Waals surface area (Å²) in [6.07, 6.45) is 1.43. The molecule has 160 valence electrons. The molecule has 3 aromatic rings. The van der Waals surface area contributed by atoms with Crippen molar-refractivity contribution in [2.45, 2.75) is 0 Å². The number of nitrogens with one attached hydrogen (secondary N) is 1. The van der Waals surface area contributed by atoms with Crippen molar-refractivity contribution in [3.63, 3.8) is 0 Å². The monoisotopic (exact) mass is 433 g/mol. The van der Waals surface area contributed by atoms with Crippen LogP contribution in [0.3, 0.4) is 0 Å². The Morgan fingerprint density at radius 3 is 2.56 bits per heavy atom. The number of nitrogens with zero attached hydrogens (tertiary/aromatic N) is 2. The van der Waals surface area contributed by atoms with E-state index in [9.17, 15) is 19.7 Å². The number of hydrogen-bond donors (Lipinski definition) is 1. The smallest absolute Gasteiger partial charge is 0.343 e. The molecular formula is C22H15N3O7. The topological polar surface area (TPSA) is 129 Å². The van der Waals surface area contributed by atoms with Gasteiger partial charge < -0.3 is 14.2 Å². The summed E-state index contributed by atoms with van der Waals surface area (Å²) < 4.78 is 15.7. The summed E-state index contributed by atoms with van der Waals surface area (Å²) in [5.41, 5.74) is 3.30. The second kappa shape index (κ2) is 8.96. The minimum Gasteiger partial charge on any atom is -0.454 e. The van der Waals surface area contributed by atoms with Crippen molar-refractivity contribution in [3.05, 3.63) is 93.5 Å². The first kappa shape index (κ1) is 20.5. The average molecular weight is 433 g/mol. The molecule has 0 fully saturated rings. The Kier molecular flexibility index (Phi) is 5.75. The third kappa shape index (κ3) is 4.70. The minimum absolute atomic E-state index is 0.0658. The Morgan fingerprint density at radius 1 is 1.00 bits per heavy atom. The van der Waals surface area contributed by atoms with Crippen molar-refractivity contribution in [2.75, 3.05) is 6.79 Å². The van der Waals surface area contributed by atoms with Crippen molar-refractivity contribution in [2.24, 2.45) is 5.10 Å². The number of rotatable bonds is 6. The van der Waals surface area contributed by atoms with Crippen LogP contribution >= 0.6 is 0 Å². The lowest BCUT2D eigenvalue weighted by molar-refractivity contribution is -0.384. The van der Waals surface area contributed by atoms with Gasteiger partial charge in [-0.1, -0.05) is 6.07 Å². The number of nitro groups is 1. The fourth-order valence-corrected chi connectivity index (χ4v) is 2.80. The highest BCUT2D eigenvalue weighted by atomic mass is 16.7. The summed E-state index contributed by atoms with van der Waals surface area (Å²) >= 11 is 0. The maximum atomic E-state index is 12.2. The van der Waals surface area contributed by atoms with Crippen LogP contribution < -0.4 is 19.6 Å². The van der Waals surface area contributed by atoms with Crippen LogP contribution in [0.4, 0.5) is 5.69 Å². The van der Waals surface area contributed by atoms with E-state index in [0.717, 1.165) is 6.07 Å². The fourth-order valence-electron chi connectivity index (χ4n) is 2.80. The highest BCUT2D eigenvalue weighted by molar-refractivity contribution is 5.95. The summed E-state index contributed by atoms with van der Waals surface area (Å²) in [5.74, 6) is 0.199. The molecule has 32 heavy (non-hydrogen) atoms. The predicted molar refractivity (Wildman–Crippen MR) is 112 cm³/mol. The molecule has 1 aliphatic rings. The van der Waals surface area contributed by atoms with Gasteiger partial charge in [0.05, 0.1) is 16.7 Å². The molecule has 0 spiro atoms. The molecule has 4 rings (SSSR count). The first-order valence-corrected chi connectivity index (χ1v) is 9.29. The zero-order chi connectivity index (χ0) is 22.5. The summed E-state index contributed by atoms with van der Waals surface area (Å²) in [5, 5.41) is 14.7. The van der Waals surface area contributed by atoms with E-state index >= 15 is 0 Å². The zero-order valence-corrected chi connectivity index (χ0v) is 16.4. The maximum absolute atomic E-state index is 12.2. The summed E-state index contributed by atoms with van der Waals surface area (Å²) in [7, 11) is 0. The zero-order valence-electron chi connectivity index (χ0n) is 16.4. The van der Waals surface area contributed by atoms with Crippen molar-refractivity contribution in [3.8, 4) is 17.2 Å². The van der Waals surface area contributed by atoms with Gasteiger partial charge in [-0.25, -0.2) is 10.2 Å². The van der Waals surface area contributed by atoms with E-state index in [1.54, 1.807) is 30.3 Å². The molecule has 10 nitrogen and oxygen atoms in total. The van der Waals surface area contributed by atoms with E-state index in [1.807, 2.05) is 0 Å². The molecule has 1 N–H and O–H groups in total. The number of hydrazone groups is 1. The third-order valence-corrected chi connectivity index (χ3v) is 4.40. The normalized spacial score (nSPS) is 11.9. The lowest BCUT2D eigenvalue weighted by atomic mass is 10.2. The Bertz CT molecular complexity index is 1220. The largest absolute Gasteiger partial charge is 0.454 e. The van der Waals surface area contributed by atoms with Crippen LogP contribution in [-0.2, 0) is 0 Å². The maximum Gasteiger partial charge on any atom is 0.343 e. The van der Waals surface area contributed by atoms with Crippen molar-refractivity contribution < 1.29 is 28.7 Å². The predicted octanol–water partition coefficient (Wildman–Crippen LogP) is 3.31. The molecule has 0 atom stereocenters. The van der Waals surface area contributed by atoms with Crippen LogP contribution in [0.15, 0.2) is 71.8 Å². The number of carbonyl (C=O) groups excluding carboxylic acids is 2. The van der Waals surface area contributed by atoms with Gasteiger partial charge in [-0.05, 0) is 54.1 Å². The molecular weight excluding hydrogens is 418 g/mol. The van der Waals surface area contributed by atoms with Crippen molar-refractivity contribution in [1.82, 2.24) is 5.43 Å². The molecule has 0 unspecified atom stereocenters. The van der Waals surface area contributed by atoms with Gasteiger partial charge in [0, 0.05) is 17.7 Å². The minimum atomic E-state index is -0.717. The van der Waals surface area contributed by atoms with Gasteiger partial charge in [0.15, 0.2) is 11.5 Å². The van der Waals surface area contributed by atoms with Crippen molar-refractivity contribution in [1.29, 1.82) is 0 Å². The van der Waals surface area contributed by atoms with E-state index in [4.69, 9.17) is 14.2 Å². The second-order valence-corrected chi connectivity index (χ2v) is 6.53. The number of fused-ring (bicyclic) bond motifs is 1. The molecule has 1 aliphatic heterocycles. The average Bonchev–Trinajstić information content (AvgIpc) is 3.28. The van der Waals surface area contributed by atoms with Crippen LogP contribution in [0.2, 0.25) is 0 Å². The van der Waals surface area contributed by atoms with Crippen LogP contribution in [-0.4, -0.2) is 29.8 Å². The molecule has 0 aromatic heterocycles. The molecule has 10 heteroatoms. The Hall–Kier alpha value is -4.73. The van der Waals surface area contributed by atoms with Crippen LogP contribution in [0.1, 0.15) is 26.3 Å². The van der Waals surface area contributed by atoms with Gasteiger partial charge in [0.1, 0.15) is 5.75 Å². The van der Waals surface area contributed by atoms with E-state index in [2.05, 4.69) is 10.5 Å². The second-order valence-electron chi connectivity index (χ2n) is 6.53. The summed E-state index contributed by atoms with van der Waals surface area (Å²) in [4.78, 5) is 34.6. The number of hydrogen-bond acceptors (Lipinski definition) is 8. The highest BCUT2D eigenvalue weighted by Gasteiger charge is 2.16. The highest BCUT2D eigenvalue weighted by Crippen LogP contribution is 2.32. The first-order valence-electron chi connectivity index (χ1n) is 9.29. The molecule has 0 aliphatic carbocycles. The van der Waals surface area contributed by atoms with Gasteiger partial charge in [0.25, 0.3) is 11.6 Å². The number of benzene rings is 3. The van der Waals surface area contributed by atoms with E-state index in [1.165, 1.54) is 36.5 Å². The Balaban J connectivity index is 1.34. The van der Waals surface area contributed by atoms with Crippen LogP contribution in [0.5, 0.6) is 17.2 Å². The van der Waals surface area contributed by atoms with E-state index < -0.39 is 16.8 Å². The molecule has 0 radical (unpaired) electrons. The van der Waals surface area contributed by atoms with Crippen LogP contribution in [0, 0.1) is 10.1 Å². The first-order chi connectivity index (χ1) is 15.5. The molecule has 0 bridgehead atoms. The third-order valence-electron chi connectivity index (χ3n) is 4.40. The number of carbonyl (C=O) groups is 2. The van der Waals surface area contributed by atoms with Gasteiger partial charge in [-0.2, -0.15) is 5.10 Å². The van der Waals surface area contributed by atoms with E-state index in [0.29, 0.717) is 22.6 Å². The number of amides is 1. The molecule has 1 heterocycles. The lowest BCUT2D eigenvalue weighted by Crippen LogP contribution is -2.17.